The number of hydrogen-bond donors (Lipinski definition) is 0. The van der Waals surface area contributed by atoms with E-state index in [1.807, 2.05) is 6.92 Å². The molecule has 5 nitrogen and oxygen atoms in total. The van der Waals surface area contributed by atoms with Crippen molar-refractivity contribution in [2.75, 3.05) is 33.3 Å². The molecule has 1 aliphatic heterocycles. The van der Waals surface area contributed by atoms with Gasteiger partial charge in [-0.05, 0) is 37.3 Å². The minimum atomic E-state index is -0.271. The third-order valence-electron chi connectivity index (χ3n) is 4.25. The van der Waals surface area contributed by atoms with Crippen LogP contribution in [0.3, 0.4) is 0 Å². The summed E-state index contributed by atoms with van der Waals surface area (Å²) >= 11 is 0. The summed E-state index contributed by atoms with van der Waals surface area (Å²) in [5.74, 6) is 1.45. The van der Waals surface area contributed by atoms with E-state index in [1.54, 1.807) is 30.2 Å². The fraction of sp³-hybridized carbons (Fsp3) is 0.389. The van der Waals surface area contributed by atoms with Crippen molar-refractivity contribution in [1.29, 1.82) is 0 Å². The molecule has 0 aliphatic carbocycles. The van der Waals surface area contributed by atoms with Crippen molar-refractivity contribution in [3.8, 4) is 5.75 Å². The zero-order valence-corrected chi connectivity index (χ0v) is 13.9. The van der Waals surface area contributed by atoms with Crippen molar-refractivity contribution < 1.29 is 18.3 Å². The van der Waals surface area contributed by atoms with Crippen molar-refractivity contribution >= 4 is 5.91 Å². The van der Waals surface area contributed by atoms with Crippen molar-refractivity contribution in [3.05, 3.63) is 53.2 Å². The van der Waals surface area contributed by atoms with Crippen LogP contribution in [0.15, 0.2) is 34.7 Å². The number of carbonyl (C=O) groups excluding carboxylic acids is 1. The van der Waals surface area contributed by atoms with Gasteiger partial charge < -0.3 is 14.1 Å². The van der Waals surface area contributed by atoms with Gasteiger partial charge in [0, 0.05) is 38.3 Å². The Morgan fingerprint density at radius 1 is 1.21 bits per heavy atom. The summed E-state index contributed by atoms with van der Waals surface area (Å²) in [7, 11) is 1.58. The second-order valence-corrected chi connectivity index (χ2v) is 5.93. The maximum Gasteiger partial charge on any atom is 0.289 e. The quantitative estimate of drug-likeness (QED) is 0.864. The Balaban J connectivity index is 1.59. The maximum atomic E-state index is 13.5. The Bertz CT molecular complexity index is 721. The molecule has 1 amide bonds. The highest BCUT2D eigenvalue weighted by atomic mass is 19.1. The molecule has 0 bridgehead atoms. The van der Waals surface area contributed by atoms with E-state index in [-0.39, 0.29) is 11.7 Å². The zero-order valence-electron chi connectivity index (χ0n) is 13.9. The summed E-state index contributed by atoms with van der Waals surface area (Å²) in [6, 6.07) is 8.04. The van der Waals surface area contributed by atoms with Gasteiger partial charge >= 0.3 is 0 Å². The molecule has 3 rings (SSSR count). The van der Waals surface area contributed by atoms with Crippen molar-refractivity contribution in [2.24, 2.45) is 0 Å². The summed E-state index contributed by atoms with van der Waals surface area (Å²) in [5.41, 5.74) is 0.818. The number of methoxy groups -OCH3 is 1. The Morgan fingerprint density at radius 2 is 1.96 bits per heavy atom. The molecular formula is C18H21FN2O3. The van der Waals surface area contributed by atoms with Gasteiger partial charge in [0.05, 0.1) is 7.11 Å². The number of furan rings is 1. The largest absolute Gasteiger partial charge is 0.496 e. The number of benzene rings is 1. The van der Waals surface area contributed by atoms with Crippen LogP contribution in [0.5, 0.6) is 5.75 Å². The lowest BCUT2D eigenvalue weighted by atomic mass is 10.1. The number of hydrogen-bond acceptors (Lipinski definition) is 4. The van der Waals surface area contributed by atoms with Crippen LogP contribution in [0.4, 0.5) is 4.39 Å². The van der Waals surface area contributed by atoms with Crippen molar-refractivity contribution in [3.63, 3.8) is 0 Å². The van der Waals surface area contributed by atoms with Gasteiger partial charge in [0.25, 0.3) is 5.91 Å². The molecule has 24 heavy (non-hydrogen) atoms. The molecule has 0 unspecified atom stereocenters. The molecule has 2 aromatic rings. The van der Waals surface area contributed by atoms with Crippen LogP contribution >= 0.6 is 0 Å². The van der Waals surface area contributed by atoms with Gasteiger partial charge in [0.15, 0.2) is 5.76 Å². The van der Waals surface area contributed by atoms with E-state index in [4.69, 9.17) is 9.15 Å². The second kappa shape index (κ2) is 7.05. The van der Waals surface area contributed by atoms with Crippen LogP contribution in [0.1, 0.15) is 21.9 Å². The Labute approximate surface area is 140 Å². The minimum Gasteiger partial charge on any atom is -0.496 e. The topological polar surface area (TPSA) is 45.9 Å². The Kier molecular flexibility index (Phi) is 4.85. The number of amides is 1. The molecule has 2 heterocycles. The first kappa shape index (κ1) is 16.5. The van der Waals surface area contributed by atoms with E-state index in [1.165, 1.54) is 12.1 Å². The van der Waals surface area contributed by atoms with Crippen LogP contribution < -0.4 is 4.74 Å². The van der Waals surface area contributed by atoms with E-state index >= 15 is 0 Å². The van der Waals surface area contributed by atoms with Crippen molar-refractivity contribution in [1.82, 2.24) is 9.80 Å². The van der Waals surface area contributed by atoms with Gasteiger partial charge in [-0.1, -0.05) is 0 Å². The molecule has 1 aromatic carbocycles. The number of carbonyl (C=O) groups is 1. The van der Waals surface area contributed by atoms with Crippen LogP contribution in [0.2, 0.25) is 0 Å². The normalized spacial score (nSPS) is 15.5. The van der Waals surface area contributed by atoms with Gasteiger partial charge in [-0.2, -0.15) is 0 Å². The molecule has 1 aromatic heterocycles. The number of nitrogens with zero attached hydrogens (tertiary/aromatic N) is 2. The number of ether oxygens (including phenoxy) is 1. The summed E-state index contributed by atoms with van der Waals surface area (Å²) in [6.07, 6.45) is 0. The van der Waals surface area contributed by atoms with Gasteiger partial charge in [-0.15, -0.1) is 0 Å². The van der Waals surface area contributed by atoms with E-state index in [9.17, 15) is 9.18 Å². The molecule has 1 saturated heterocycles. The highest BCUT2D eigenvalue weighted by Crippen LogP contribution is 2.22. The molecule has 0 N–H and O–H groups in total. The second-order valence-electron chi connectivity index (χ2n) is 5.93. The first-order valence-electron chi connectivity index (χ1n) is 7.97. The lowest BCUT2D eigenvalue weighted by Crippen LogP contribution is -2.48. The average Bonchev–Trinajstić information content (AvgIpc) is 3.02. The molecular weight excluding hydrogens is 311 g/mol. The fourth-order valence-electron chi connectivity index (χ4n) is 2.93. The van der Waals surface area contributed by atoms with Crippen LogP contribution in [0, 0.1) is 12.7 Å². The molecule has 6 heteroatoms. The van der Waals surface area contributed by atoms with E-state index in [2.05, 4.69) is 4.90 Å². The van der Waals surface area contributed by atoms with Crippen molar-refractivity contribution in [2.45, 2.75) is 13.5 Å². The third-order valence-corrected chi connectivity index (χ3v) is 4.25. The smallest absolute Gasteiger partial charge is 0.289 e. The SMILES string of the molecule is COc1ccc(F)cc1CN1CCN(C(=O)c2ccc(C)o2)CC1. The molecule has 128 valence electrons. The molecule has 0 spiro atoms. The summed E-state index contributed by atoms with van der Waals surface area (Å²) in [5, 5.41) is 0. The zero-order chi connectivity index (χ0) is 17.1. The minimum absolute atomic E-state index is 0.0777. The summed E-state index contributed by atoms with van der Waals surface area (Å²) in [4.78, 5) is 16.3. The molecule has 1 fully saturated rings. The van der Waals surface area contributed by atoms with E-state index < -0.39 is 0 Å². The lowest BCUT2D eigenvalue weighted by Gasteiger charge is -2.34. The Hall–Kier alpha value is -2.34. The lowest BCUT2D eigenvalue weighted by molar-refractivity contribution is 0.0595. The monoisotopic (exact) mass is 332 g/mol. The standard InChI is InChI=1S/C18H21FN2O3/c1-13-3-5-17(24-13)18(22)21-9-7-20(8-10-21)12-14-11-15(19)4-6-16(14)23-2/h3-6,11H,7-10,12H2,1-2H3. The summed E-state index contributed by atoms with van der Waals surface area (Å²) < 4.78 is 24.2. The van der Waals surface area contributed by atoms with Gasteiger partial charge in [0.2, 0.25) is 0 Å². The maximum absolute atomic E-state index is 13.5. The molecule has 1 aliphatic rings. The number of aryl methyl sites for hydroxylation is 1. The number of halogens is 1. The summed E-state index contributed by atoms with van der Waals surface area (Å²) in [6.45, 7) is 5.12. The van der Waals surface area contributed by atoms with Gasteiger partial charge in [-0.3, -0.25) is 9.69 Å². The van der Waals surface area contributed by atoms with Crippen LogP contribution in [-0.2, 0) is 6.54 Å². The molecule has 0 saturated carbocycles. The highest BCUT2D eigenvalue weighted by molar-refractivity contribution is 5.91. The van der Waals surface area contributed by atoms with Crippen LogP contribution in [-0.4, -0.2) is 49.0 Å². The van der Waals surface area contributed by atoms with Gasteiger partial charge in [0.1, 0.15) is 17.3 Å². The fourth-order valence-corrected chi connectivity index (χ4v) is 2.93. The Morgan fingerprint density at radius 3 is 2.58 bits per heavy atom. The third kappa shape index (κ3) is 3.59. The van der Waals surface area contributed by atoms with Crippen LogP contribution in [0.25, 0.3) is 0 Å². The highest BCUT2D eigenvalue weighted by Gasteiger charge is 2.24. The van der Waals surface area contributed by atoms with E-state index in [0.717, 1.165) is 24.4 Å². The number of rotatable bonds is 4. The van der Waals surface area contributed by atoms with Gasteiger partial charge in [-0.25, -0.2) is 4.39 Å². The first-order valence-corrected chi connectivity index (χ1v) is 7.97. The predicted molar refractivity (Wildman–Crippen MR) is 87.6 cm³/mol. The average molecular weight is 332 g/mol. The predicted octanol–water partition coefficient (Wildman–Crippen LogP) is 2.69. The number of piperazine rings is 1. The van der Waals surface area contributed by atoms with E-state index in [0.29, 0.717) is 31.1 Å². The molecule has 0 radical (unpaired) electrons. The first-order chi connectivity index (χ1) is 11.6. The molecule has 0 atom stereocenters.